The number of carbonyl (C=O) groups excluding carboxylic acids is 2. The van der Waals surface area contributed by atoms with Gasteiger partial charge in [-0.15, -0.1) is 0 Å². The summed E-state index contributed by atoms with van der Waals surface area (Å²) in [6, 6.07) is 7.98. The Kier molecular flexibility index (Phi) is 11.0. The fourth-order valence-corrected chi connectivity index (χ4v) is 4.39. The number of anilines is 1. The summed E-state index contributed by atoms with van der Waals surface area (Å²) >= 11 is 0. The molecule has 1 fully saturated rings. The van der Waals surface area contributed by atoms with Gasteiger partial charge in [-0.3, -0.25) is 4.79 Å². The van der Waals surface area contributed by atoms with E-state index >= 15 is 0 Å². The third-order valence-corrected chi connectivity index (χ3v) is 6.31. The molecule has 0 bridgehead atoms. The second-order valence-corrected chi connectivity index (χ2v) is 10.3. The van der Waals surface area contributed by atoms with E-state index < -0.39 is 5.60 Å². The number of benzene rings is 1. The SMILES string of the molecule is CC.CNC(=O)c1c(-c2ccc(COC)cc2)nn(C2CC(CCCN(C)C(=O)OC(C)(C)C)C2)c1N. The Morgan fingerprint density at radius 3 is 2.35 bits per heavy atom. The molecule has 9 heteroatoms. The highest BCUT2D eigenvalue weighted by atomic mass is 16.6. The maximum Gasteiger partial charge on any atom is 0.410 e. The molecule has 1 aliphatic carbocycles. The maximum atomic E-state index is 12.6. The van der Waals surface area contributed by atoms with E-state index in [0.717, 1.165) is 36.8 Å². The minimum absolute atomic E-state index is 0.161. The van der Waals surface area contributed by atoms with E-state index in [0.29, 0.717) is 36.1 Å². The quantitative estimate of drug-likeness (QED) is 0.471. The molecule has 0 saturated heterocycles. The molecular weight excluding hydrogens is 470 g/mol. The number of rotatable bonds is 9. The van der Waals surface area contributed by atoms with Crippen molar-refractivity contribution >= 4 is 17.8 Å². The van der Waals surface area contributed by atoms with Crippen LogP contribution in [-0.4, -0.2) is 60.0 Å². The lowest BCUT2D eigenvalue weighted by Crippen LogP contribution is -2.35. The molecule has 3 N–H and O–H groups in total. The van der Waals surface area contributed by atoms with E-state index in [1.54, 1.807) is 26.1 Å². The van der Waals surface area contributed by atoms with E-state index in [1.165, 1.54) is 0 Å². The number of hydrogen-bond acceptors (Lipinski definition) is 6. The van der Waals surface area contributed by atoms with Crippen molar-refractivity contribution in [3.05, 3.63) is 35.4 Å². The lowest BCUT2D eigenvalue weighted by molar-refractivity contribution is 0.0290. The molecule has 2 aromatic rings. The van der Waals surface area contributed by atoms with Crippen molar-refractivity contribution in [3.8, 4) is 11.3 Å². The van der Waals surface area contributed by atoms with Crippen LogP contribution in [0, 0.1) is 5.92 Å². The molecule has 0 unspecified atom stereocenters. The van der Waals surface area contributed by atoms with Gasteiger partial charge in [0.1, 0.15) is 22.7 Å². The number of nitrogen functional groups attached to an aromatic ring is 1. The molecular formula is C28H45N5O4. The molecule has 206 valence electrons. The number of nitrogens with zero attached hydrogens (tertiary/aromatic N) is 3. The van der Waals surface area contributed by atoms with E-state index in [-0.39, 0.29) is 18.0 Å². The van der Waals surface area contributed by atoms with Crippen LogP contribution in [0.1, 0.15) is 82.3 Å². The molecule has 3 rings (SSSR count). The van der Waals surface area contributed by atoms with Crippen LogP contribution >= 0.6 is 0 Å². The van der Waals surface area contributed by atoms with E-state index in [9.17, 15) is 9.59 Å². The van der Waals surface area contributed by atoms with Crippen LogP contribution in [0.5, 0.6) is 0 Å². The minimum atomic E-state index is -0.491. The first-order valence-corrected chi connectivity index (χ1v) is 13.2. The second kappa shape index (κ2) is 13.5. The molecule has 2 amide bonds. The van der Waals surface area contributed by atoms with Gasteiger partial charge in [0.05, 0.1) is 12.6 Å². The van der Waals surface area contributed by atoms with Crippen molar-refractivity contribution in [1.29, 1.82) is 0 Å². The Labute approximate surface area is 221 Å². The van der Waals surface area contributed by atoms with Crippen LogP contribution in [0.2, 0.25) is 0 Å². The van der Waals surface area contributed by atoms with Crippen molar-refractivity contribution in [2.75, 3.05) is 33.5 Å². The molecule has 1 aromatic carbocycles. The summed E-state index contributed by atoms with van der Waals surface area (Å²) in [7, 11) is 5.02. The molecule has 0 atom stereocenters. The second-order valence-electron chi connectivity index (χ2n) is 10.3. The molecule has 1 aliphatic rings. The van der Waals surface area contributed by atoms with Gasteiger partial charge in [0.2, 0.25) is 0 Å². The smallest absolute Gasteiger partial charge is 0.410 e. The average Bonchev–Trinajstić information content (AvgIpc) is 3.17. The zero-order valence-corrected chi connectivity index (χ0v) is 23.8. The first-order valence-electron chi connectivity index (χ1n) is 13.2. The van der Waals surface area contributed by atoms with Gasteiger partial charge in [0, 0.05) is 33.3 Å². The Morgan fingerprint density at radius 2 is 1.81 bits per heavy atom. The summed E-state index contributed by atoms with van der Waals surface area (Å²) < 4.78 is 12.4. The summed E-state index contributed by atoms with van der Waals surface area (Å²) in [5, 5.41) is 7.46. The van der Waals surface area contributed by atoms with Gasteiger partial charge in [-0.25, -0.2) is 9.48 Å². The van der Waals surface area contributed by atoms with Crippen molar-refractivity contribution in [2.24, 2.45) is 5.92 Å². The Bertz CT molecular complexity index is 1020. The lowest BCUT2D eigenvalue weighted by Gasteiger charge is -2.36. The normalized spacial score (nSPS) is 16.8. The van der Waals surface area contributed by atoms with Crippen molar-refractivity contribution < 1.29 is 19.1 Å². The van der Waals surface area contributed by atoms with Crippen LogP contribution in [0.4, 0.5) is 10.6 Å². The van der Waals surface area contributed by atoms with Crippen molar-refractivity contribution in [2.45, 2.75) is 78.6 Å². The van der Waals surface area contributed by atoms with Gasteiger partial charge in [-0.1, -0.05) is 38.1 Å². The largest absolute Gasteiger partial charge is 0.444 e. The molecule has 0 spiro atoms. The zero-order chi connectivity index (χ0) is 27.8. The van der Waals surface area contributed by atoms with Crippen LogP contribution in [0.15, 0.2) is 24.3 Å². The van der Waals surface area contributed by atoms with Gasteiger partial charge in [0.25, 0.3) is 5.91 Å². The van der Waals surface area contributed by atoms with E-state index in [2.05, 4.69) is 5.32 Å². The predicted octanol–water partition coefficient (Wildman–Crippen LogP) is 5.26. The van der Waals surface area contributed by atoms with Crippen LogP contribution in [0.25, 0.3) is 11.3 Å². The summed E-state index contributed by atoms with van der Waals surface area (Å²) in [4.78, 5) is 26.4. The number of aromatic nitrogens is 2. The van der Waals surface area contributed by atoms with Crippen molar-refractivity contribution in [1.82, 2.24) is 20.0 Å². The van der Waals surface area contributed by atoms with Gasteiger partial charge < -0.3 is 25.4 Å². The highest BCUT2D eigenvalue weighted by Gasteiger charge is 2.34. The summed E-state index contributed by atoms with van der Waals surface area (Å²) in [6.07, 6.45) is 3.52. The Hall–Kier alpha value is -3.07. The standard InChI is InChI=1S/C26H39N5O4.C2H6/c1-26(2,3)35-25(33)30(5)13-7-8-18-14-20(15-18)31-23(27)21(24(32)28-4)22(29-31)19-11-9-17(10-12-19)16-34-6;1-2/h9-12,18,20H,7-8,13-16,27H2,1-6H3,(H,28,32);1-2H3. The number of carbonyl (C=O) groups is 2. The molecule has 0 radical (unpaired) electrons. The number of amides is 2. The zero-order valence-electron chi connectivity index (χ0n) is 23.8. The van der Waals surface area contributed by atoms with Crippen LogP contribution in [-0.2, 0) is 16.1 Å². The lowest BCUT2D eigenvalue weighted by atomic mass is 9.77. The summed E-state index contributed by atoms with van der Waals surface area (Å²) in [5.41, 5.74) is 8.84. The van der Waals surface area contributed by atoms with Gasteiger partial charge in [0.15, 0.2) is 0 Å². The van der Waals surface area contributed by atoms with Gasteiger partial charge in [-0.2, -0.15) is 5.10 Å². The third-order valence-electron chi connectivity index (χ3n) is 6.31. The highest BCUT2D eigenvalue weighted by Crippen LogP contribution is 2.43. The van der Waals surface area contributed by atoms with Crippen LogP contribution in [0.3, 0.4) is 0 Å². The predicted molar refractivity (Wildman–Crippen MR) is 147 cm³/mol. The fourth-order valence-electron chi connectivity index (χ4n) is 4.39. The number of nitrogens with one attached hydrogen (secondary N) is 1. The third kappa shape index (κ3) is 7.95. The maximum absolute atomic E-state index is 12.6. The summed E-state index contributed by atoms with van der Waals surface area (Å²) in [5.74, 6) is 0.690. The first kappa shape index (κ1) is 30.2. The minimum Gasteiger partial charge on any atom is -0.444 e. The monoisotopic (exact) mass is 515 g/mol. The van der Waals surface area contributed by atoms with Gasteiger partial charge >= 0.3 is 6.09 Å². The topological polar surface area (TPSA) is 112 Å². The Balaban J connectivity index is 0.00000235. The molecule has 0 aliphatic heterocycles. The van der Waals surface area contributed by atoms with Gasteiger partial charge in [-0.05, 0) is 57.9 Å². The number of methoxy groups -OCH3 is 1. The highest BCUT2D eigenvalue weighted by molar-refractivity contribution is 6.04. The molecule has 1 aromatic heterocycles. The number of hydrogen-bond donors (Lipinski definition) is 2. The molecule has 37 heavy (non-hydrogen) atoms. The molecule has 9 nitrogen and oxygen atoms in total. The molecule has 1 saturated carbocycles. The van der Waals surface area contributed by atoms with E-state index in [4.69, 9.17) is 20.3 Å². The molecule has 1 heterocycles. The van der Waals surface area contributed by atoms with E-state index in [1.807, 2.05) is 63.6 Å². The first-order chi connectivity index (χ1) is 17.5. The van der Waals surface area contributed by atoms with Crippen LogP contribution < -0.4 is 11.1 Å². The number of ether oxygens (including phenoxy) is 2. The number of nitrogens with two attached hydrogens (primary N) is 1. The average molecular weight is 516 g/mol. The van der Waals surface area contributed by atoms with Crippen molar-refractivity contribution in [3.63, 3.8) is 0 Å². The fraction of sp³-hybridized carbons (Fsp3) is 0.607. The Morgan fingerprint density at radius 1 is 1.19 bits per heavy atom. The summed E-state index contributed by atoms with van der Waals surface area (Å²) in [6.45, 7) is 10.8.